The van der Waals surface area contributed by atoms with Crippen LogP contribution in [0.2, 0.25) is 0 Å². The molecule has 0 radical (unpaired) electrons. The Balaban J connectivity index is 2.66. The van der Waals surface area contributed by atoms with E-state index in [0.717, 1.165) is 22.4 Å². The summed E-state index contributed by atoms with van der Waals surface area (Å²) >= 11 is 3.41. The summed E-state index contributed by atoms with van der Waals surface area (Å²) in [6.07, 6.45) is 0.851. The number of halogens is 1. The summed E-state index contributed by atoms with van der Waals surface area (Å²) in [5.74, 6) is 1.56. The van der Waals surface area contributed by atoms with Crippen LogP contribution < -0.4 is 15.2 Å². The monoisotopic (exact) mass is 259 g/mol. The van der Waals surface area contributed by atoms with E-state index in [2.05, 4.69) is 15.9 Å². The van der Waals surface area contributed by atoms with Crippen LogP contribution in [0, 0.1) is 0 Å². The Morgan fingerprint density at radius 3 is 2.71 bits per heavy atom. The van der Waals surface area contributed by atoms with Crippen molar-refractivity contribution < 1.29 is 9.47 Å². The smallest absolute Gasteiger partial charge is 0.137 e. The Morgan fingerprint density at radius 1 is 1.36 bits per heavy atom. The molecule has 0 unspecified atom stereocenters. The van der Waals surface area contributed by atoms with Crippen LogP contribution in [-0.4, -0.2) is 20.3 Å². The summed E-state index contributed by atoms with van der Waals surface area (Å²) in [6.45, 7) is 1.27. The Kier molecular flexibility index (Phi) is 4.76. The standard InChI is InChI=1S/C10H14BrNO2/c1-13-8-4-2-5-9(10(8)11)14-7-3-6-12/h2,4-5H,3,6-7,12H2,1H3. The number of methoxy groups -OCH3 is 1. The van der Waals surface area contributed by atoms with Crippen molar-refractivity contribution in [1.29, 1.82) is 0 Å². The molecule has 0 fully saturated rings. The SMILES string of the molecule is COc1cccc(OCCCN)c1Br. The average Bonchev–Trinajstić information content (AvgIpc) is 2.21. The Hall–Kier alpha value is -0.740. The minimum atomic E-state index is 0.627. The number of ether oxygens (including phenoxy) is 2. The molecule has 0 aliphatic heterocycles. The van der Waals surface area contributed by atoms with E-state index in [1.54, 1.807) is 7.11 Å². The molecule has 0 amide bonds. The third kappa shape index (κ3) is 2.89. The first-order chi connectivity index (χ1) is 6.79. The Labute approximate surface area is 92.3 Å². The lowest BCUT2D eigenvalue weighted by molar-refractivity contribution is 0.308. The highest BCUT2D eigenvalue weighted by molar-refractivity contribution is 9.10. The van der Waals surface area contributed by atoms with E-state index in [0.29, 0.717) is 13.2 Å². The zero-order chi connectivity index (χ0) is 10.4. The van der Waals surface area contributed by atoms with Crippen LogP contribution in [0.15, 0.2) is 22.7 Å². The van der Waals surface area contributed by atoms with Crippen LogP contribution in [0.5, 0.6) is 11.5 Å². The van der Waals surface area contributed by atoms with Crippen LogP contribution in [0.1, 0.15) is 6.42 Å². The van der Waals surface area contributed by atoms with Gasteiger partial charge < -0.3 is 15.2 Å². The van der Waals surface area contributed by atoms with Gasteiger partial charge in [0.1, 0.15) is 16.0 Å². The fourth-order valence-corrected chi connectivity index (χ4v) is 1.57. The van der Waals surface area contributed by atoms with Crippen LogP contribution >= 0.6 is 15.9 Å². The Morgan fingerprint density at radius 2 is 2.07 bits per heavy atom. The lowest BCUT2D eigenvalue weighted by atomic mass is 10.3. The van der Waals surface area contributed by atoms with Crippen LogP contribution in [0.25, 0.3) is 0 Å². The van der Waals surface area contributed by atoms with Crippen molar-refractivity contribution in [2.75, 3.05) is 20.3 Å². The third-order valence-electron chi connectivity index (χ3n) is 1.75. The molecule has 0 aromatic heterocycles. The highest BCUT2D eigenvalue weighted by Gasteiger charge is 2.05. The quantitative estimate of drug-likeness (QED) is 0.825. The maximum Gasteiger partial charge on any atom is 0.137 e. The first-order valence-corrected chi connectivity index (χ1v) is 5.24. The van der Waals surface area contributed by atoms with E-state index >= 15 is 0 Å². The molecule has 0 saturated heterocycles. The molecule has 1 rings (SSSR count). The van der Waals surface area contributed by atoms with Gasteiger partial charge in [-0.3, -0.25) is 0 Å². The number of nitrogens with two attached hydrogens (primary N) is 1. The molecule has 14 heavy (non-hydrogen) atoms. The van der Waals surface area contributed by atoms with Gasteiger partial charge in [0, 0.05) is 0 Å². The maximum atomic E-state index is 5.51. The van der Waals surface area contributed by atoms with Crippen molar-refractivity contribution in [3.05, 3.63) is 22.7 Å². The fraction of sp³-hybridized carbons (Fsp3) is 0.400. The van der Waals surface area contributed by atoms with Crippen molar-refractivity contribution >= 4 is 15.9 Å². The Bertz CT molecular complexity index is 291. The summed E-state index contributed by atoms with van der Waals surface area (Å²) in [5.41, 5.74) is 5.37. The van der Waals surface area contributed by atoms with Gasteiger partial charge in [0.05, 0.1) is 13.7 Å². The van der Waals surface area contributed by atoms with E-state index in [1.165, 1.54) is 0 Å². The van der Waals surface area contributed by atoms with E-state index < -0.39 is 0 Å². The zero-order valence-electron chi connectivity index (χ0n) is 8.13. The lowest BCUT2D eigenvalue weighted by Crippen LogP contribution is -2.06. The molecule has 4 heteroatoms. The second-order valence-electron chi connectivity index (χ2n) is 2.76. The second-order valence-corrected chi connectivity index (χ2v) is 3.56. The molecule has 0 heterocycles. The first kappa shape index (κ1) is 11.3. The van der Waals surface area contributed by atoms with Crippen molar-refractivity contribution in [1.82, 2.24) is 0 Å². The summed E-state index contributed by atoms with van der Waals surface area (Å²) in [4.78, 5) is 0. The molecule has 1 aromatic carbocycles. The van der Waals surface area contributed by atoms with Gasteiger partial charge in [0.25, 0.3) is 0 Å². The van der Waals surface area contributed by atoms with Crippen LogP contribution in [-0.2, 0) is 0 Å². The zero-order valence-corrected chi connectivity index (χ0v) is 9.71. The van der Waals surface area contributed by atoms with Crippen LogP contribution in [0.4, 0.5) is 0 Å². The van der Waals surface area contributed by atoms with Crippen molar-refractivity contribution in [3.63, 3.8) is 0 Å². The highest BCUT2D eigenvalue weighted by atomic mass is 79.9. The molecular formula is C10H14BrNO2. The van der Waals surface area contributed by atoms with Gasteiger partial charge in [-0.05, 0) is 41.0 Å². The third-order valence-corrected chi connectivity index (χ3v) is 2.54. The molecular weight excluding hydrogens is 246 g/mol. The van der Waals surface area contributed by atoms with Gasteiger partial charge >= 0.3 is 0 Å². The molecule has 1 aromatic rings. The van der Waals surface area contributed by atoms with E-state index in [9.17, 15) is 0 Å². The van der Waals surface area contributed by atoms with Gasteiger partial charge in [-0.1, -0.05) is 6.07 Å². The normalized spacial score (nSPS) is 9.93. The van der Waals surface area contributed by atoms with Gasteiger partial charge in [0.15, 0.2) is 0 Å². The molecule has 2 N–H and O–H groups in total. The van der Waals surface area contributed by atoms with Crippen molar-refractivity contribution in [2.45, 2.75) is 6.42 Å². The molecule has 3 nitrogen and oxygen atoms in total. The van der Waals surface area contributed by atoms with Crippen molar-refractivity contribution in [2.24, 2.45) is 5.73 Å². The van der Waals surface area contributed by atoms with Gasteiger partial charge in [0.2, 0.25) is 0 Å². The van der Waals surface area contributed by atoms with E-state index in [4.69, 9.17) is 15.2 Å². The van der Waals surface area contributed by atoms with Crippen molar-refractivity contribution in [3.8, 4) is 11.5 Å². The predicted molar refractivity (Wildman–Crippen MR) is 59.9 cm³/mol. The summed E-state index contributed by atoms with van der Waals surface area (Å²) in [7, 11) is 1.63. The topological polar surface area (TPSA) is 44.5 Å². The minimum Gasteiger partial charge on any atom is -0.495 e. The molecule has 0 saturated carbocycles. The van der Waals surface area contributed by atoms with E-state index in [-0.39, 0.29) is 0 Å². The highest BCUT2D eigenvalue weighted by Crippen LogP contribution is 2.33. The average molecular weight is 260 g/mol. The first-order valence-electron chi connectivity index (χ1n) is 4.45. The fourth-order valence-electron chi connectivity index (χ4n) is 1.03. The minimum absolute atomic E-state index is 0.627. The summed E-state index contributed by atoms with van der Waals surface area (Å²) in [6, 6.07) is 5.66. The number of rotatable bonds is 5. The molecule has 0 aliphatic carbocycles. The molecule has 0 bridgehead atoms. The molecule has 0 spiro atoms. The second kappa shape index (κ2) is 5.88. The van der Waals surface area contributed by atoms with Gasteiger partial charge in [-0.15, -0.1) is 0 Å². The number of hydrogen-bond donors (Lipinski definition) is 1. The van der Waals surface area contributed by atoms with Gasteiger partial charge in [-0.2, -0.15) is 0 Å². The number of benzene rings is 1. The van der Waals surface area contributed by atoms with Crippen LogP contribution in [0.3, 0.4) is 0 Å². The predicted octanol–water partition coefficient (Wildman–Crippen LogP) is 2.19. The molecule has 78 valence electrons. The number of hydrogen-bond acceptors (Lipinski definition) is 3. The molecule has 0 atom stereocenters. The molecule has 0 aliphatic rings. The van der Waals surface area contributed by atoms with E-state index in [1.807, 2.05) is 18.2 Å². The summed E-state index contributed by atoms with van der Waals surface area (Å²) < 4.78 is 11.5. The summed E-state index contributed by atoms with van der Waals surface area (Å²) in [5, 5.41) is 0. The lowest BCUT2D eigenvalue weighted by Gasteiger charge is -2.09. The van der Waals surface area contributed by atoms with Gasteiger partial charge in [-0.25, -0.2) is 0 Å². The maximum absolute atomic E-state index is 5.51. The largest absolute Gasteiger partial charge is 0.495 e.